The van der Waals surface area contributed by atoms with Gasteiger partial charge in [0.15, 0.2) is 0 Å². The molecule has 1 heterocycles. The van der Waals surface area contributed by atoms with Crippen molar-refractivity contribution in [2.75, 3.05) is 7.11 Å². The van der Waals surface area contributed by atoms with Crippen LogP contribution < -0.4 is 0 Å². The SMILES string of the molecule is COC(=O)c1cnc(-c2cccc(C3CC3)c2)[nH]1. The van der Waals surface area contributed by atoms with Crippen molar-refractivity contribution in [3.63, 3.8) is 0 Å². The number of aromatic amines is 1. The number of aromatic nitrogens is 2. The third-order valence-corrected chi connectivity index (χ3v) is 3.19. The number of hydrogen-bond acceptors (Lipinski definition) is 3. The van der Waals surface area contributed by atoms with E-state index in [1.54, 1.807) is 0 Å². The number of benzene rings is 1. The fraction of sp³-hybridized carbons (Fsp3) is 0.286. The molecule has 1 aliphatic rings. The van der Waals surface area contributed by atoms with Crippen molar-refractivity contribution in [2.45, 2.75) is 18.8 Å². The van der Waals surface area contributed by atoms with Crippen LogP contribution in [0.1, 0.15) is 34.8 Å². The van der Waals surface area contributed by atoms with Crippen LogP contribution in [0.5, 0.6) is 0 Å². The number of carbonyl (C=O) groups excluding carboxylic acids is 1. The predicted octanol–water partition coefficient (Wildman–Crippen LogP) is 2.74. The monoisotopic (exact) mass is 242 g/mol. The molecule has 0 aliphatic heterocycles. The number of methoxy groups -OCH3 is 1. The molecule has 0 unspecified atom stereocenters. The molecule has 0 saturated heterocycles. The minimum atomic E-state index is -0.396. The summed E-state index contributed by atoms with van der Waals surface area (Å²) >= 11 is 0. The first kappa shape index (κ1) is 11.0. The Kier molecular flexibility index (Phi) is 2.63. The molecule has 1 aromatic heterocycles. The van der Waals surface area contributed by atoms with Gasteiger partial charge in [-0.15, -0.1) is 0 Å². The zero-order chi connectivity index (χ0) is 12.5. The summed E-state index contributed by atoms with van der Waals surface area (Å²) in [4.78, 5) is 18.6. The van der Waals surface area contributed by atoms with Crippen LogP contribution in [-0.4, -0.2) is 23.0 Å². The van der Waals surface area contributed by atoms with E-state index in [1.165, 1.54) is 31.7 Å². The first-order valence-electron chi connectivity index (χ1n) is 6.01. The molecule has 0 spiro atoms. The fourth-order valence-electron chi connectivity index (χ4n) is 2.04. The molecule has 1 aromatic carbocycles. The number of nitrogens with one attached hydrogen (secondary N) is 1. The van der Waals surface area contributed by atoms with Gasteiger partial charge in [-0.3, -0.25) is 0 Å². The summed E-state index contributed by atoms with van der Waals surface area (Å²) < 4.78 is 4.65. The van der Waals surface area contributed by atoms with Crippen molar-refractivity contribution >= 4 is 5.97 Å². The molecular formula is C14H14N2O2. The molecule has 4 nitrogen and oxygen atoms in total. The molecule has 92 valence electrons. The average molecular weight is 242 g/mol. The Morgan fingerprint density at radius 3 is 3.00 bits per heavy atom. The topological polar surface area (TPSA) is 55.0 Å². The Balaban J connectivity index is 1.91. The van der Waals surface area contributed by atoms with Crippen LogP contribution in [0.25, 0.3) is 11.4 Å². The van der Waals surface area contributed by atoms with Gasteiger partial charge in [0.2, 0.25) is 0 Å². The fourth-order valence-corrected chi connectivity index (χ4v) is 2.04. The second-order valence-electron chi connectivity index (χ2n) is 4.54. The standard InChI is InChI=1S/C14H14N2O2/c1-18-14(17)12-8-15-13(16-12)11-4-2-3-10(7-11)9-5-6-9/h2-4,7-9H,5-6H2,1H3,(H,15,16). The average Bonchev–Trinajstić information content (AvgIpc) is 3.15. The van der Waals surface area contributed by atoms with E-state index in [0.29, 0.717) is 17.4 Å². The second-order valence-corrected chi connectivity index (χ2v) is 4.54. The molecule has 1 aliphatic carbocycles. The highest BCUT2D eigenvalue weighted by Crippen LogP contribution is 2.40. The molecule has 2 aromatic rings. The summed E-state index contributed by atoms with van der Waals surface area (Å²) in [5.41, 5.74) is 2.74. The maximum Gasteiger partial charge on any atom is 0.356 e. The molecule has 4 heteroatoms. The molecule has 0 radical (unpaired) electrons. The van der Waals surface area contributed by atoms with E-state index in [1.807, 2.05) is 12.1 Å². The zero-order valence-electron chi connectivity index (χ0n) is 10.1. The van der Waals surface area contributed by atoms with Crippen LogP contribution in [-0.2, 0) is 4.74 Å². The molecular weight excluding hydrogens is 228 g/mol. The minimum Gasteiger partial charge on any atom is -0.464 e. The van der Waals surface area contributed by atoms with E-state index in [2.05, 4.69) is 26.8 Å². The molecule has 1 N–H and O–H groups in total. The highest BCUT2D eigenvalue weighted by atomic mass is 16.5. The number of ether oxygens (including phenoxy) is 1. The molecule has 1 fully saturated rings. The lowest BCUT2D eigenvalue weighted by molar-refractivity contribution is 0.0595. The van der Waals surface area contributed by atoms with Crippen LogP contribution in [0.4, 0.5) is 0 Å². The lowest BCUT2D eigenvalue weighted by Crippen LogP contribution is -2.00. The lowest BCUT2D eigenvalue weighted by Gasteiger charge is -2.01. The van der Waals surface area contributed by atoms with Gasteiger partial charge >= 0.3 is 5.97 Å². The van der Waals surface area contributed by atoms with Gasteiger partial charge in [0.1, 0.15) is 11.5 Å². The maximum absolute atomic E-state index is 11.3. The van der Waals surface area contributed by atoms with Crippen LogP contribution in [0.15, 0.2) is 30.5 Å². The number of nitrogens with zero attached hydrogens (tertiary/aromatic N) is 1. The molecule has 0 atom stereocenters. The number of hydrogen-bond donors (Lipinski definition) is 1. The highest BCUT2D eigenvalue weighted by Gasteiger charge is 2.23. The highest BCUT2D eigenvalue weighted by molar-refractivity contribution is 5.87. The molecule has 0 bridgehead atoms. The van der Waals surface area contributed by atoms with Gasteiger partial charge in [0.25, 0.3) is 0 Å². The maximum atomic E-state index is 11.3. The Morgan fingerprint density at radius 2 is 2.28 bits per heavy atom. The van der Waals surface area contributed by atoms with Crippen molar-refractivity contribution in [1.82, 2.24) is 9.97 Å². The summed E-state index contributed by atoms with van der Waals surface area (Å²) in [5, 5.41) is 0. The number of rotatable bonds is 3. The van der Waals surface area contributed by atoms with Gasteiger partial charge in [0.05, 0.1) is 13.3 Å². The van der Waals surface area contributed by atoms with Crippen LogP contribution in [0, 0.1) is 0 Å². The van der Waals surface area contributed by atoms with Crippen molar-refractivity contribution < 1.29 is 9.53 Å². The summed E-state index contributed by atoms with van der Waals surface area (Å²) in [6.45, 7) is 0. The van der Waals surface area contributed by atoms with E-state index in [4.69, 9.17) is 0 Å². The van der Waals surface area contributed by atoms with Crippen LogP contribution >= 0.6 is 0 Å². The van der Waals surface area contributed by atoms with Gasteiger partial charge in [0, 0.05) is 5.56 Å². The van der Waals surface area contributed by atoms with Crippen LogP contribution in [0.3, 0.4) is 0 Å². The van der Waals surface area contributed by atoms with E-state index in [-0.39, 0.29) is 0 Å². The van der Waals surface area contributed by atoms with Gasteiger partial charge in [-0.25, -0.2) is 9.78 Å². The van der Waals surface area contributed by atoms with Crippen molar-refractivity contribution in [3.05, 3.63) is 41.7 Å². The van der Waals surface area contributed by atoms with Crippen molar-refractivity contribution in [1.29, 1.82) is 0 Å². The van der Waals surface area contributed by atoms with Gasteiger partial charge in [-0.1, -0.05) is 18.2 Å². The predicted molar refractivity (Wildman–Crippen MR) is 67.3 cm³/mol. The molecule has 3 rings (SSSR count). The van der Waals surface area contributed by atoms with E-state index in [0.717, 1.165) is 5.56 Å². The second kappa shape index (κ2) is 4.29. The lowest BCUT2D eigenvalue weighted by atomic mass is 10.1. The third kappa shape index (κ3) is 2.01. The van der Waals surface area contributed by atoms with Gasteiger partial charge in [-0.05, 0) is 30.4 Å². The third-order valence-electron chi connectivity index (χ3n) is 3.19. The van der Waals surface area contributed by atoms with Crippen molar-refractivity contribution in [3.8, 4) is 11.4 Å². The number of esters is 1. The van der Waals surface area contributed by atoms with Gasteiger partial charge < -0.3 is 9.72 Å². The van der Waals surface area contributed by atoms with Crippen molar-refractivity contribution in [2.24, 2.45) is 0 Å². The molecule has 18 heavy (non-hydrogen) atoms. The van der Waals surface area contributed by atoms with E-state index in [9.17, 15) is 4.79 Å². The first-order valence-corrected chi connectivity index (χ1v) is 6.01. The Labute approximate surface area is 105 Å². The summed E-state index contributed by atoms with van der Waals surface area (Å²) in [7, 11) is 1.36. The number of H-pyrrole nitrogens is 1. The number of carbonyl (C=O) groups is 1. The summed E-state index contributed by atoms with van der Waals surface area (Å²) in [6.07, 6.45) is 4.05. The van der Waals surface area contributed by atoms with E-state index >= 15 is 0 Å². The minimum absolute atomic E-state index is 0.379. The Bertz CT molecular complexity index is 585. The molecule has 1 saturated carbocycles. The quantitative estimate of drug-likeness (QED) is 0.842. The van der Waals surface area contributed by atoms with Gasteiger partial charge in [-0.2, -0.15) is 0 Å². The van der Waals surface area contributed by atoms with Crippen LogP contribution in [0.2, 0.25) is 0 Å². The Morgan fingerprint density at radius 1 is 1.44 bits per heavy atom. The Hall–Kier alpha value is -2.10. The van der Waals surface area contributed by atoms with E-state index < -0.39 is 5.97 Å². The largest absolute Gasteiger partial charge is 0.464 e. The summed E-state index contributed by atoms with van der Waals surface area (Å²) in [5.74, 6) is 1.02. The normalized spacial score (nSPS) is 14.5. The number of imidazole rings is 1. The smallest absolute Gasteiger partial charge is 0.356 e. The molecule has 0 amide bonds. The summed E-state index contributed by atoms with van der Waals surface area (Å²) in [6, 6.07) is 8.30. The zero-order valence-corrected chi connectivity index (χ0v) is 10.1. The first-order chi connectivity index (χ1) is 8.78.